The first-order valence-corrected chi connectivity index (χ1v) is 11.5. The first-order chi connectivity index (χ1) is 16.5. The molecule has 1 aromatic heterocycles. The van der Waals surface area contributed by atoms with Crippen LogP contribution in [0.5, 0.6) is 17.2 Å². The zero-order valence-electron chi connectivity index (χ0n) is 19.8. The fourth-order valence-electron chi connectivity index (χ4n) is 3.38. The third-order valence-electron chi connectivity index (χ3n) is 4.89. The highest BCUT2D eigenvalue weighted by Crippen LogP contribution is 2.29. The lowest BCUT2D eigenvalue weighted by molar-refractivity contribution is -0.116. The van der Waals surface area contributed by atoms with E-state index in [-0.39, 0.29) is 24.5 Å². The maximum absolute atomic E-state index is 12.7. The Morgan fingerprint density at radius 1 is 0.794 bits per heavy atom. The Bertz CT molecular complexity index is 1120. The van der Waals surface area contributed by atoms with Crippen molar-refractivity contribution in [3.63, 3.8) is 0 Å². The number of nitrogens with one attached hydrogen (secondary N) is 1. The lowest BCUT2D eigenvalue weighted by Crippen LogP contribution is -2.15. The number of carbonyl (C=O) groups is 2. The molecule has 3 rings (SSSR count). The third kappa shape index (κ3) is 6.81. The molecule has 0 saturated heterocycles. The quantitative estimate of drug-likeness (QED) is 0.355. The van der Waals surface area contributed by atoms with Gasteiger partial charge >= 0.3 is 0 Å². The number of Topliss-reactive ketones (excluding diaryl/α,β-unsaturated/α-hetero) is 1. The molecule has 3 aromatic rings. The lowest BCUT2D eigenvalue weighted by Gasteiger charge is -2.12. The van der Waals surface area contributed by atoms with Gasteiger partial charge in [-0.25, -0.2) is 4.98 Å². The van der Waals surface area contributed by atoms with Crippen LogP contribution in [-0.2, 0) is 4.79 Å². The molecule has 0 spiro atoms. The molecule has 178 valence electrons. The Morgan fingerprint density at radius 3 is 2.21 bits per heavy atom. The van der Waals surface area contributed by atoms with Crippen LogP contribution in [0, 0.1) is 0 Å². The number of hydrogen-bond donors (Lipinski definition) is 1. The fourth-order valence-corrected chi connectivity index (χ4v) is 3.38. The minimum absolute atomic E-state index is 0.0250. The van der Waals surface area contributed by atoms with Crippen LogP contribution in [0.15, 0.2) is 60.7 Å². The molecule has 7 nitrogen and oxygen atoms in total. The van der Waals surface area contributed by atoms with Crippen molar-refractivity contribution in [2.45, 2.75) is 33.6 Å². The van der Waals surface area contributed by atoms with Crippen molar-refractivity contribution in [3.8, 4) is 28.5 Å². The highest BCUT2D eigenvalue weighted by molar-refractivity contribution is 6.00. The molecule has 1 heterocycles. The summed E-state index contributed by atoms with van der Waals surface area (Å²) in [5, 5.41) is 2.79. The van der Waals surface area contributed by atoms with E-state index in [2.05, 4.69) is 10.3 Å². The van der Waals surface area contributed by atoms with Crippen LogP contribution in [0.3, 0.4) is 0 Å². The molecule has 0 aliphatic carbocycles. The molecule has 0 radical (unpaired) electrons. The third-order valence-corrected chi connectivity index (χ3v) is 4.89. The van der Waals surface area contributed by atoms with E-state index in [1.165, 1.54) is 0 Å². The van der Waals surface area contributed by atoms with Crippen molar-refractivity contribution in [2.24, 2.45) is 0 Å². The first kappa shape index (κ1) is 24.8. The minimum atomic E-state index is -0.301. The Kier molecular flexibility index (Phi) is 9.03. The Balaban J connectivity index is 1.67. The molecule has 7 heteroatoms. The highest BCUT2D eigenvalue weighted by Gasteiger charge is 2.14. The molecule has 0 saturated carbocycles. The number of ether oxygens (including phenoxy) is 3. The molecule has 0 aliphatic heterocycles. The Hall–Kier alpha value is -3.87. The second-order valence-corrected chi connectivity index (χ2v) is 7.37. The summed E-state index contributed by atoms with van der Waals surface area (Å²) >= 11 is 0. The van der Waals surface area contributed by atoms with Gasteiger partial charge in [0.05, 0.1) is 25.5 Å². The molecule has 1 amide bonds. The minimum Gasteiger partial charge on any atom is -0.494 e. The van der Waals surface area contributed by atoms with Gasteiger partial charge in [-0.05, 0) is 39.0 Å². The number of nitrogens with zero attached hydrogens (tertiary/aromatic N) is 1. The van der Waals surface area contributed by atoms with Crippen LogP contribution in [0.1, 0.15) is 44.0 Å². The summed E-state index contributed by atoms with van der Waals surface area (Å²) < 4.78 is 16.8. The number of amides is 1. The number of pyridine rings is 1. The molecule has 0 fully saturated rings. The van der Waals surface area contributed by atoms with Crippen molar-refractivity contribution in [1.29, 1.82) is 0 Å². The summed E-state index contributed by atoms with van der Waals surface area (Å²) in [7, 11) is 0. The second-order valence-electron chi connectivity index (χ2n) is 7.37. The molecular weight excluding hydrogens is 432 g/mol. The zero-order valence-corrected chi connectivity index (χ0v) is 19.8. The largest absolute Gasteiger partial charge is 0.494 e. The van der Waals surface area contributed by atoms with Gasteiger partial charge in [0, 0.05) is 36.1 Å². The van der Waals surface area contributed by atoms with Crippen LogP contribution >= 0.6 is 0 Å². The van der Waals surface area contributed by atoms with E-state index < -0.39 is 0 Å². The van der Waals surface area contributed by atoms with Gasteiger partial charge in [-0.2, -0.15) is 0 Å². The van der Waals surface area contributed by atoms with E-state index in [0.29, 0.717) is 54.1 Å². The van der Waals surface area contributed by atoms with Gasteiger partial charge < -0.3 is 19.5 Å². The van der Waals surface area contributed by atoms with Gasteiger partial charge in [-0.3, -0.25) is 9.59 Å². The van der Waals surface area contributed by atoms with E-state index >= 15 is 0 Å². The fraction of sp³-hybridized carbons (Fsp3) is 0.296. The lowest BCUT2D eigenvalue weighted by atomic mass is 10.1. The molecule has 34 heavy (non-hydrogen) atoms. The maximum atomic E-state index is 12.7. The number of anilines is 1. The van der Waals surface area contributed by atoms with Crippen molar-refractivity contribution in [1.82, 2.24) is 4.98 Å². The molecule has 0 bridgehead atoms. The van der Waals surface area contributed by atoms with E-state index in [0.717, 1.165) is 5.56 Å². The van der Waals surface area contributed by atoms with E-state index in [9.17, 15) is 9.59 Å². The summed E-state index contributed by atoms with van der Waals surface area (Å²) in [6.45, 7) is 7.09. The average Bonchev–Trinajstić information content (AvgIpc) is 2.84. The van der Waals surface area contributed by atoms with Gasteiger partial charge in [0.2, 0.25) is 5.91 Å². The van der Waals surface area contributed by atoms with E-state index in [4.69, 9.17) is 14.2 Å². The van der Waals surface area contributed by atoms with Gasteiger partial charge in [-0.1, -0.05) is 30.3 Å². The number of aromatic nitrogens is 1. The number of carbonyl (C=O) groups excluding carboxylic acids is 2. The maximum Gasteiger partial charge on any atom is 0.225 e. The molecule has 2 aromatic carbocycles. The molecular formula is C27H30N2O5. The number of rotatable bonds is 12. The summed E-state index contributed by atoms with van der Waals surface area (Å²) in [5.41, 5.74) is 2.08. The van der Waals surface area contributed by atoms with Crippen molar-refractivity contribution in [3.05, 3.63) is 66.2 Å². The van der Waals surface area contributed by atoms with Crippen molar-refractivity contribution in [2.75, 3.05) is 25.1 Å². The first-order valence-electron chi connectivity index (χ1n) is 11.5. The molecule has 0 aliphatic rings. The predicted octanol–water partition coefficient (Wildman–Crippen LogP) is 5.55. The highest BCUT2D eigenvalue weighted by atomic mass is 16.5. The number of benzene rings is 2. The van der Waals surface area contributed by atoms with Crippen LogP contribution < -0.4 is 19.5 Å². The topological polar surface area (TPSA) is 86.8 Å². The smallest absolute Gasteiger partial charge is 0.225 e. The summed E-state index contributed by atoms with van der Waals surface area (Å²) in [4.78, 5) is 29.8. The van der Waals surface area contributed by atoms with Crippen LogP contribution in [0.2, 0.25) is 0 Å². The normalized spacial score (nSPS) is 10.4. The van der Waals surface area contributed by atoms with Crippen molar-refractivity contribution >= 4 is 17.5 Å². The Morgan fingerprint density at radius 2 is 1.50 bits per heavy atom. The van der Waals surface area contributed by atoms with E-state index in [1.54, 1.807) is 24.3 Å². The van der Waals surface area contributed by atoms with Crippen LogP contribution in [-0.4, -0.2) is 36.5 Å². The SMILES string of the molecule is CCOc1cc(NC(=O)CCC(=O)c2ccc(OCC)c(OCC)c2)nc(-c2ccccc2)c1. The molecule has 1 N–H and O–H groups in total. The van der Waals surface area contributed by atoms with E-state index in [1.807, 2.05) is 57.2 Å². The average molecular weight is 463 g/mol. The van der Waals surface area contributed by atoms with Gasteiger partial charge in [0.25, 0.3) is 0 Å². The van der Waals surface area contributed by atoms with Crippen LogP contribution in [0.25, 0.3) is 11.3 Å². The van der Waals surface area contributed by atoms with Crippen LogP contribution in [0.4, 0.5) is 5.82 Å². The Labute approximate surface area is 200 Å². The monoisotopic (exact) mass is 462 g/mol. The van der Waals surface area contributed by atoms with Gasteiger partial charge in [0.1, 0.15) is 11.6 Å². The molecule has 0 atom stereocenters. The van der Waals surface area contributed by atoms with Gasteiger partial charge in [-0.15, -0.1) is 0 Å². The second kappa shape index (κ2) is 12.4. The zero-order chi connectivity index (χ0) is 24.3. The standard InChI is InChI=1S/C27H30N2O5/c1-4-32-21-17-22(19-10-8-7-9-11-19)28-26(18-21)29-27(31)15-13-23(30)20-12-14-24(33-5-2)25(16-20)34-6-3/h7-12,14,16-18H,4-6,13,15H2,1-3H3,(H,28,29,31). The predicted molar refractivity (Wildman–Crippen MR) is 132 cm³/mol. The number of hydrogen-bond acceptors (Lipinski definition) is 6. The van der Waals surface area contributed by atoms with Crippen molar-refractivity contribution < 1.29 is 23.8 Å². The summed E-state index contributed by atoms with van der Waals surface area (Å²) in [5.74, 6) is 1.64. The van der Waals surface area contributed by atoms with Gasteiger partial charge in [0.15, 0.2) is 17.3 Å². The molecule has 0 unspecified atom stereocenters. The summed E-state index contributed by atoms with van der Waals surface area (Å²) in [6.07, 6.45) is 0.0826. The number of ketones is 1. The summed E-state index contributed by atoms with van der Waals surface area (Å²) in [6, 6.07) is 18.2.